The predicted octanol–water partition coefficient (Wildman–Crippen LogP) is 3.94. The van der Waals surface area contributed by atoms with Gasteiger partial charge in [0.15, 0.2) is 9.84 Å². The van der Waals surface area contributed by atoms with Crippen molar-refractivity contribution in [3.8, 4) is 0 Å². The molecule has 1 atom stereocenters. The van der Waals surface area contributed by atoms with E-state index in [0.717, 1.165) is 19.4 Å². The van der Waals surface area contributed by atoms with Crippen LogP contribution in [0.2, 0.25) is 10.0 Å². The number of halogens is 2. The monoisotopic (exact) mass is 349 g/mol. The Morgan fingerprint density at radius 3 is 2.57 bits per heavy atom. The van der Waals surface area contributed by atoms with Gasteiger partial charge in [-0.3, -0.25) is 0 Å². The van der Waals surface area contributed by atoms with Crippen LogP contribution in [0.25, 0.3) is 0 Å². The van der Waals surface area contributed by atoms with E-state index in [4.69, 9.17) is 23.2 Å². The lowest BCUT2D eigenvalue weighted by Crippen LogP contribution is -2.40. The maximum absolute atomic E-state index is 12.7. The Labute approximate surface area is 136 Å². The third-order valence-corrected chi connectivity index (χ3v) is 6.55. The smallest absolute Gasteiger partial charge is 0.181 e. The highest BCUT2D eigenvalue weighted by Gasteiger charge is 2.30. The second-order valence-corrected chi connectivity index (χ2v) is 8.41. The van der Waals surface area contributed by atoms with Crippen molar-refractivity contribution in [3.63, 3.8) is 0 Å². The third-order valence-electron chi connectivity index (χ3n) is 4.06. The van der Waals surface area contributed by atoms with E-state index in [9.17, 15) is 8.42 Å². The molecule has 1 saturated carbocycles. The lowest BCUT2D eigenvalue weighted by Gasteiger charge is -2.24. The molecule has 0 aromatic heterocycles. The van der Waals surface area contributed by atoms with Gasteiger partial charge in [-0.05, 0) is 43.5 Å². The van der Waals surface area contributed by atoms with Gasteiger partial charge in [-0.25, -0.2) is 8.42 Å². The van der Waals surface area contributed by atoms with Crippen LogP contribution in [-0.2, 0) is 9.84 Å². The van der Waals surface area contributed by atoms with Gasteiger partial charge < -0.3 is 5.32 Å². The van der Waals surface area contributed by atoms with Gasteiger partial charge in [-0.2, -0.15) is 0 Å². The van der Waals surface area contributed by atoms with Crippen molar-refractivity contribution in [1.82, 2.24) is 5.32 Å². The molecule has 1 N–H and O–H groups in total. The maximum Gasteiger partial charge on any atom is 0.181 e. The SMILES string of the molecule is CCNC(CS(=O)(=O)c1cc(Cl)ccc1Cl)C1CCCC1. The van der Waals surface area contributed by atoms with E-state index in [1.54, 1.807) is 6.07 Å². The second kappa shape index (κ2) is 7.32. The van der Waals surface area contributed by atoms with Crippen molar-refractivity contribution in [3.05, 3.63) is 28.2 Å². The van der Waals surface area contributed by atoms with E-state index >= 15 is 0 Å². The summed E-state index contributed by atoms with van der Waals surface area (Å²) in [4.78, 5) is 0.137. The molecule has 1 aromatic rings. The Hall–Kier alpha value is -0.290. The summed E-state index contributed by atoms with van der Waals surface area (Å²) in [6.07, 6.45) is 4.56. The summed E-state index contributed by atoms with van der Waals surface area (Å²) < 4.78 is 25.3. The molecule has 6 heteroatoms. The van der Waals surface area contributed by atoms with Gasteiger partial charge in [0.1, 0.15) is 0 Å². The molecule has 0 saturated heterocycles. The molecule has 21 heavy (non-hydrogen) atoms. The molecule has 0 bridgehead atoms. The van der Waals surface area contributed by atoms with Gasteiger partial charge >= 0.3 is 0 Å². The summed E-state index contributed by atoms with van der Waals surface area (Å²) in [6.45, 7) is 2.76. The highest BCUT2D eigenvalue weighted by molar-refractivity contribution is 7.91. The number of benzene rings is 1. The van der Waals surface area contributed by atoms with E-state index in [-0.39, 0.29) is 21.7 Å². The normalized spacial score (nSPS) is 18.0. The summed E-state index contributed by atoms with van der Waals surface area (Å²) in [6, 6.07) is 4.56. The largest absolute Gasteiger partial charge is 0.313 e. The van der Waals surface area contributed by atoms with Gasteiger partial charge in [-0.1, -0.05) is 43.0 Å². The first kappa shape index (κ1) is 17.1. The highest BCUT2D eigenvalue weighted by Crippen LogP contribution is 2.31. The number of hydrogen-bond donors (Lipinski definition) is 1. The zero-order valence-electron chi connectivity index (χ0n) is 12.1. The quantitative estimate of drug-likeness (QED) is 0.845. The van der Waals surface area contributed by atoms with Gasteiger partial charge in [0.2, 0.25) is 0 Å². The van der Waals surface area contributed by atoms with E-state index in [0.29, 0.717) is 10.9 Å². The fraction of sp³-hybridized carbons (Fsp3) is 0.600. The Kier molecular flexibility index (Phi) is 5.95. The molecule has 0 amide bonds. The number of hydrogen-bond acceptors (Lipinski definition) is 3. The van der Waals surface area contributed by atoms with Crippen molar-refractivity contribution in [1.29, 1.82) is 0 Å². The molecular formula is C15H21Cl2NO2S. The van der Waals surface area contributed by atoms with Crippen LogP contribution in [0.4, 0.5) is 0 Å². The molecule has 0 aliphatic heterocycles. The Bertz CT molecular complexity index is 583. The zero-order valence-corrected chi connectivity index (χ0v) is 14.4. The van der Waals surface area contributed by atoms with Crippen molar-refractivity contribution in [2.75, 3.05) is 12.3 Å². The van der Waals surface area contributed by atoms with Crippen LogP contribution in [-0.4, -0.2) is 26.8 Å². The van der Waals surface area contributed by atoms with Crippen molar-refractivity contribution in [2.45, 2.75) is 43.5 Å². The first-order valence-corrected chi connectivity index (χ1v) is 9.76. The third kappa shape index (κ3) is 4.35. The number of sulfone groups is 1. The average Bonchev–Trinajstić information content (AvgIpc) is 2.95. The molecule has 1 aliphatic carbocycles. The number of nitrogens with one attached hydrogen (secondary N) is 1. The molecule has 2 rings (SSSR count). The van der Waals surface area contributed by atoms with E-state index in [1.807, 2.05) is 6.92 Å². The molecule has 1 unspecified atom stereocenters. The van der Waals surface area contributed by atoms with Crippen LogP contribution < -0.4 is 5.32 Å². The Balaban J connectivity index is 2.23. The van der Waals surface area contributed by atoms with Crippen LogP contribution in [0.5, 0.6) is 0 Å². The van der Waals surface area contributed by atoms with Crippen molar-refractivity contribution in [2.24, 2.45) is 5.92 Å². The van der Waals surface area contributed by atoms with Crippen LogP contribution in [0.15, 0.2) is 23.1 Å². The fourth-order valence-electron chi connectivity index (χ4n) is 3.03. The minimum atomic E-state index is -3.45. The van der Waals surface area contributed by atoms with Crippen LogP contribution in [0.3, 0.4) is 0 Å². The second-order valence-electron chi connectivity index (χ2n) is 5.56. The van der Waals surface area contributed by atoms with E-state index < -0.39 is 9.84 Å². The molecule has 0 spiro atoms. The number of rotatable bonds is 6. The van der Waals surface area contributed by atoms with E-state index in [2.05, 4.69) is 5.32 Å². The molecule has 1 fully saturated rings. The lowest BCUT2D eigenvalue weighted by molar-refractivity contribution is 0.389. The topological polar surface area (TPSA) is 46.2 Å². The minimum Gasteiger partial charge on any atom is -0.313 e. The predicted molar refractivity (Wildman–Crippen MR) is 87.9 cm³/mol. The Morgan fingerprint density at radius 2 is 1.95 bits per heavy atom. The van der Waals surface area contributed by atoms with Gasteiger partial charge in [-0.15, -0.1) is 0 Å². The summed E-state index contributed by atoms with van der Waals surface area (Å²) in [7, 11) is -3.45. The van der Waals surface area contributed by atoms with Crippen molar-refractivity contribution >= 4 is 33.0 Å². The van der Waals surface area contributed by atoms with Crippen LogP contribution in [0, 0.1) is 5.92 Å². The van der Waals surface area contributed by atoms with Crippen LogP contribution in [0.1, 0.15) is 32.6 Å². The van der Waals surface area contributed by atoms with E-state index in [1.165, 1.54) is 25.0 Å². The standard InChI is InChI=1S/C15H21Cl2NO2S/c1-2-18-14(11-5-3-4-6-11)10-21(19,20)15-9-12(16)7-8-13(15)17/h7-9,11,14,18H,2-6,10H2,1H3. The minimum absolute atomic E-state index is 0.0162. The summed E-state index contributed by atoms with van der Waals surface area (Å²) >= 11 is 12.0. The zero-order chi connectivity index (χ0) is 15.5. The maximum atomic E-state index is 12.7. The van der Waals surface area contributed by atoms with Gasteiger partial charge in [0.25, 0.3) is 0 Å². The molecule has 1 aromatic carbocycles. The molecule has 3 nitrogen and oxygen atoms in total. The molecule has 0 heterocycles. The first-order chi connectivity index (χ1) is 9.94. The van der Waals surface area contributed by atoms with Gasteiger partial charge in [0, 0.05) is 11.1 Å². The summed E-state index contributed by atoms with van der Waals surface area (Å²) in [5.41, 5.74) is 0. The Morgan fingerprint density at radius 1 is 1.29 bits per heavy atom. The fourth-order valence-corrected chi connectivity index (χ4v) is 5.45. The van der Waals surface area contributed by atoms with Crippen LogP contribution >= 0.6 is 23.2 Å². The molecule has 118 valence electrons. The molecule has 1 aliphatic rings. The summed E-state index contributed by atoms with van der Waals surface area (Å²) in [5.74, 6) is 0.503. The molecular weight excluding hydrogens is 329 g/mol. The average molecular weight is 350 g/mol. The highest BCUT2D eigenvalue weighted by atomic mass is 35.5. The molecule has 0 radical (unpaired) electrons. The van der Waals surface area contributed by atoms with Crippen molar-refractivity contribution < 1.29 is 8.42 Å². The van der Waals surface area contributed by atoms with Gasteiger partial charge in [0.05, 0.1) is 15.7 Å². The lowest BCUT2D eigenvalue weighted by atomic mass is 10.00. The summed E-state index contributed by atoms with van der Waals surface area (Å²) in [5, 5.41) is 3.95. The first-order valence-electron chi connectivity index (χ1n) is 7.35.